The monoisotopic (exact) mass is 433 g/mol. The molecule has 4 rings (SSSR count). The van der Waals surface area contributed by atoms with Crippen LogP contribution in [0, 0.1) is 0 Å². The third-order valence-electron chi connectivity index (χ3n) is 5.86. The summed E-state index contributed by atoms with van der Waals surface area (Å²) < 4.78 is 11.3. The van der Waals surface area contributed by atoms with E-state index in [4.69, 9.17) is 9.47 Å². The molecular formula is C22H27NO8. The first kappa shape index (κ1) is 21.8. The van der Waals surface area contributed by atoms with Crippen LogP contribution in [0.15, 0.2) is 36.4 Å². The van der Waals surface area contributed by atoms with E-state index < -0.39 is 37.3 Å². The highest BCUT2D eigenvalue weighted by atomic mass is 16.7. The van der Waals surface area contributed by atoms with Crippen LogP contribution in [0.5, 0.6) is 17.2 Å². The van der Waals surface area contributed by atoms with Gasteiger partial charge in [-0.15, -0.1) is 0 Å². The molecule has 6 atom stereocenters. The molecule has 0 aromatic heterocycles. The Labute approximate surface area is 179 Å². The summed E-state index contributed by atoms with van der Waals surface area (Å²) in [5.41, 5.74) is 2.63. The van der Waals surface area contributed by atoms with Gasteiger partial charge < -0.3 is 45.4 Å². The minimum absolute atomic E-state index is 0.109. The molecule has 31 heavy (non-hydrogen) atoms. The molecule has 168 valence electrons. The predicted octanol–water partition coefficient (Wildman–Crippen LogP) is -0.294. The molecule has 2 aliphatic heterocycles. The molecule has 2 aromatic carbocycles. The Hall–Kier alpha value is -2.40. The van der Waals surface area contributed by atoms with Gasteiger partial charge in [0.1, 0.15) is 30.2 Å². The van der Waals surface area contributed by atoms with Crippen molar-refractivity contribution < 1.29 is 40.1 Å². The number of ether oxygens (including phenoxy) is 2. The van der Waals surface area contributed by atoms with Gasteiger partial charge in [-0.25, -0.2) is 0 Å². The molecule has 0 saturated carbocycles. The van der Waals surface area contributed by atoms with Crippen molar-refractivity contribution in [3.05, 3.63) is 53.1 Å². The van der Waals surface area contributed by atoms with Gasteiger partial charge in [0.25, 0.3) is 0 Å². The molecule has 7 N–H and O–H groups in total. The fourth-order valence-corrected chi connectivity index (χ4v) is 4.16. The SMILES string of the molecule is OCC1OC(Oc2c(O)ccc3c2C(Cc2ccc(O)cc2)NCC3)C(O)C(O)C1O. The number of aliphatic hydroxyl groups excluding tert-OH is 4. The normalized spacial score (nSPS) is 30.6. The first-order chi connectivity index (χ1) is 14.9. The number of phenols is 2. The van der Waals surface area contributed by atoms with Gasteiger partial charge in [0.05, 0.1) is 6.61 Å². The maximum Gasteiger partial charge on any atom is 0.229 e. The highest BCUT2D eigenvalue weighted by molar-refractivity contribution is 5.53. The molecule has 2 heterocycles. The minimum atomic E-state index is -1.58. The maximum absolute atomic E-state index is 10.6. The van der Waals surface area contributed by atoms with E-state index in [0.717, 1.165) is 17.7 Å². The van der Waals surface area contributed by atoms with Crippen LogP contribution < -0.4 is 10.1 Å². The zero-order valence-electron chi connectivity index (χ0n) is 16.8. The number of aromatic hydroxyl groups is 2. The summed E-state index contributed by atoms with van der Waals surface area (Å²) in [4.78, 5) is 0. The summed E-state index contributed by atoms with van der Waals surface area (Å²) in [5, 5.41) is 63.3. The Balaban J connectivity index is 1.65. The lowest BCUT2D eigenvalue weighted by atomic mass is 9.89. The average molecular weight is 433 g/mol. The Morgan fingerprint density at radius 1 is 0.968 bits per heavy atom. The largest absolute Gasteiger partial charge is 0.508 e. The molecule has 0 radical (unpaired) electrons. The van der Waals surface area contributed by atoms with Crippen molar-refractivity contribution in [2.75, 3.05) is 13.2 Å². The van der Waals surface area contributed by atoms with Crippen LogP contribution in [0.2, 0.25) is 0 Å². The number of benzene rings is 2. The van der Waals surface area contributed by atoms with E-state index in [-0.39, 0.29) is 23.3 Å². The standard InChI is InChI=1S/C22H27NO8/c24-10-16-18(27)19(28)20(29)22(30-16)31-21-15(26)6-3-12-7-8-23-14(17(12)21)9-11-1-4-13(25)5-2-11/h1-6,14,16,18-20,22-29H,7-10H2. The van der Waals surface area contributed by atoms with Crippen molar-refractivity contribution in [2.45, 2.75) is 49.6 Å². The zero-order valence-corrected chi connectivity index (χ0v) is 16.8. The molecule has 6 unspecified atom stereocenters. The highest BCUT2D eigenvalue weighted by Crippen LogP contribution is 2.41. The van der Waals surface area contributed by atoms with Gasteiger partial charge in [-0.3, -0.25) is 0 Å². The first-order valence-corrected chi connectivity index (χ1v) is 10.2. The van der Waals surface area contributed by atoms with E-state index in [9.17, 15) is 30.6 Å². The Morgan fingerprint density at radius 3 is 2.42 bits per heavy atom. The summed E-state index contributed by atoms with van der Waals surface area (Å²) in [6, 6.07) is 9.93. The van der Waals surface area contributed by atoms with Crippen LogP contribution >= 0.6 is 0 Å². The molecule has 9 nitrogen and oxygen atoms in total. The number of aliphatic hydroxyl groups is 4. The Morgan fingerprint density at radius 2 is 1.71 bits per heavy atom. The van der Waals surface area contributed by atoms with E-state index in [2.05, 4.69) is 5.32 Å². The van der Waals surface area contributed by atoms with Crippen LogP contribution in [0.1, 0.15) is 22.7 Å². The number of hydrogen-bond donors (Lipinski definition) is 7. The molecule has 1 saturated heterocycles. The summed E-state index contributed by atoms with van der Waals surface area (Å²) in [5.74, 6) is 0.123. The van der Waals surface area contributed by atoms with Gasteiger partial charge in [0.15, 0.2) is 11.5 Å². The number of nitrogens with one attached hydrogen (secondary N) is 1. The lowest BCUT2D eigenvalue weighted by molar-refractivity contribution is -0.277. The predicted molar refractivity (Wildman–Crippen MR) is 109 cm³/mol. The molecule has 1 fully saturated rings. The smallest absolute Gasteiger partial charge is 0.229 e. The average Bonchev–Trinajstić information content (AvgIpc) is 2.77. The van der Waals surface area contributed by atoms with Gasteiger partial charge >= 0.3 is 0 Å². The number of fused-ring (bicyclic) bond motifs is 1. The second kappa shape index (κ2) is 8.99. The highest BCUT2D eigenvalue weighted by Gasteiger charge is 2.45. The molecule has 0 aliphatic carbocycles. The summed E-state index contributed by atoms with van der Waals surface area (Å²) in [7, 11) is 0. The van der Waals surface area contributed by atoms with Crippen molar-refractivity contribution in [1.82, 2.24) is 5.32 Å². The fourth-order valence-electron chi connectivity index (χ4n) is 4.16. The summed E-state index contributed by atoms with van der Waals surface area (Å²) in [6.07, 6.45) is -5.92. The summed E-state index contributed by atoms with van der Waals surface area (Å²) >= 11 is 0. The van der Waals surface area contributed by atoms with Crippen molar-refractivity contribution in [3.8, 4) is 17.2 Å². The maximum atomic E-state index is 10.6. The molecule has 2 aliphatic rings. The second-order valence-electron chi connectivity index (χ2n) is 7.93. The van der Waals surface area contributed by atoms with Crippen molar-refractivity contribution in [3.63, 3.8) is 0 Å². The van der Waals surface area contributed by atoms with E-state index >= 15 is 0 Å². The van der Waals surface area contributed by atoms with E-state index in [1.165, 1.54) is 6.07 Å². The third-order valence-corrected chi connectivity index (χ3v) is 5.86. The van der Waals surface area contributed by atoms with Crippen LogP contribution in [0.3, 0.4) is 0 Å². The van der Waals surface area contributed by atoms with Gasteiger partial charge in [0.2, 0.25) is 6.29 Å². The lowest BCUT2D eigenvalue weighted by Crippen LogP contribution is -2.60. The molecule has 9 heteroatoms. The molecular weight excluding hydrogens is 406 g/mol. The Bertz CT molecular complexity index is 903. The fraction of sp³-hybridized carbons (Fsp3) is 0.455. The van der Waals surface area contributed by atoms with E-state index in [0.29, 0.717) is 18.4 Å². The van der Waals surface area contributed by atoms with Gasteiger partial charge in [-0.05, 0) is 48.7 Å². The first-order valence-electron chi connectivity index (χ1n) is 10.2. The van der Waals surface area contributed by atoms with Crippen LogP contribution in [-0.2, 0) is 17.6 Å². The topological polar surface area (TPSA) is 152 Å². The minimum Gasteiger partial charge on any atom is -0.508 e. The molecule has 2 aromatic rings. The van der Waals surface area contributed by atoms with Gasteiger partial charge in [0, 0.05) is 11.6 Å². The molecule has 0 bridgehead atoms. The number of hydrogen-bond acceptors (Lipinski definition) is 9. The zero-order chi connectivity index (χ0) is 22.1. The third kappa shape index (κ3) is 4.33. The lowest BCUT2D eigenvalue weighted by Gasteiger charge is -2.40. The quantitative estimate of drug-likeness (QED) is 0.337. The number of phenolic OH excluding ortho intramolecular Hbond substituents is 2. The van der Waals surface area contributed by atoms with E-state index in [1.807, 2.05) is 18.2 Å². The van der Waals surface area contributed by atoms with Crippen molar-refractivity contribution >= 4 is 0 Å². The Kier molecular flexibility index (Phi) is 6.33. The van der Waals surface area contributed by atoms with Gasteiger partial charge in [-0.1, -0.05) is 18.2 Å². The van der Waals surface area contributed by atoms with Crippen LogP contribution in [0.4, 0.5) is 0 Å². The van der Waals surface area contributed by atoms with Crippen molar-refractivity contribution in [2.24, 2.45) is 0 Å². The number of rotatable bonds is 5. The van der Waals surface area contributed by atoms with Crippen LogP contribution in [0.25, 0.3) is 0 Å². The second-order valence-corrected chi connectivity index (χ2v) is 7.93. The van der Waals surface area contributed by atoms with Gasteiger partial charge in [-0.2, -0.15) is 0 Å². The van der Waals surface area contributed by atoms with E-state index in [1.54, 1.807) is 12.1 Å². The molecule has 0 spiro atoms. The van der Waals surface area contributed by atoms with Crippen molar-refractivity contribution in [1.29, 1.82) is 0 Å². The van der Waals surface area contributed by atoms with Crippen LogP contribution in [-0.4, -0.2) is 74.5 Å². The summed E-state index contributed by atoms with van der Waals surface area (Å²) in [6.45, 7) is 0.148. The molecule has 0 amide bonds.